The lowest BCUT2D eigenvalue weighted by atomic mass is 9.96. The van der Waals surface area contributed by atoms with Gasteiger partial charge in [-0.15, -0.1) is 0 Å². The number of hydrogen-bond acceptors (Lipinski definition) is 5. The van der Waals surface area contributed by atoms with E-state index < -0.39 is 0 Å². The second kappa shape index (κ2) is 5.37. The van der Waals surface area contributed by atoms with Crippen LogP contribution in [0, 0.1) is 0 Å². The average Bonchev–Trinajstić information content (AvgIpc) is 2.96. The molecule has 5 heteroatoms. The van der Waals surface area contributed by atoms with Gasteiger partial charge in [0.15, 0.2) is 0 Å². The maximum atomic E-state index is 4.61. The van der Waals surface area contributed by atoms with Gasteiger partial charge in [-0.3, -0.25) is 0 Å². The maximum Gasteiger partial charge on any atom is 0.202 e. The lowest BCUT2D eigenvalue weighted by molar-refractivity contribution is 0.172. The molecule has 1 heterocycles. The van der Waals surface area contributed by atoms with Gasteiger partial charge in [0.05, 0.1) is 0 Å². The van der Waals surface area contributed by atoms with Gasteiger partial charge >= 0.3 is 0 Å². The fourth-order valence-electron chi connectivity index (χ4n) is 2.66. The maximum absolute atomic E-state index is 4.61. The largest absolute Gasteiger partial charge is 0.358 e. The van der Waals surface area contributed by atoms with E-state index in [4.69, 9.17) is 0 Å². The zero-order valence-corrected chi connectivity index (χ0v) is 13.6. The second-order valence-corrected chi connectivity index (χ2v) is 7.60. The van der Waals surface area contributed by atoms with E-state index in [1.807, 2.05) is 0 Å². The number of likely N-dealkylation sites (N-methyl/N-ethyl adjacent to an activating group) is 1. The van der Waals surface area contributed by atoms with Crippen molar-refractivity contribution < 1.29 is 0 Å². The lowest BCUT2D eigenvalue weighted by Gasteiger charge is -2.36. The van der Waals surface area contributed by atoms with Gasteiger partial charge in [0.2, 0.25) is 5.13 Å². The highest BCUT2D eigenvalue weighted by atomic mass is 32.1. The third-order valence-electron chi connectivity index (χ3n) is 4.15. The Morgan fingerprint density at radius 3 is 2.37 bits per heavy atom. The van der Waals surface area contributed by atoms with Crippen molar-refractivity contribution in [3.8, 4) is 0 Å². The molecule has 0 amide bonds. The van der Waals surface area contributed by atoms with Crippen LogP contribution in [-0.2, 0) is 5.41 Å². The van der Waals surface area contributed by atoms with Gasteiger partial charge < -0.3 is 10.2 Å². The Bertz CT molecular complexity index is 413. The molecule has 1 N–H and O–H groups in total. The van der Waals surface area contributed by atoms with Crippen LogP contribution in [-0.4, -0.2) is 40.4 Å². The molecular weight excluding hydrogens is 256 g/mol. The molecule has 0 unspecified atom stereocenters. The van der Waals surface area contributed by atoms with E-state index in [1.165, 1.54) is 37.2 Å². The third-order valence-corrected chi connectivity index (χ3v) is 4.82. The van der Waals surface area contributed by atoms with Crippen molar-refractivity contribution in [2.75, 3.05) is 26.0 Å². The first-order valence-electron chi connectivity index (χ1n) is 7.09. The summed E-state index contributed by atoms with van der Waals surface area (Å²) in [5.74, 6) is 0.935. The zero-order chi connectivity index (χ0) is 14.1. The molecule has 0 aromatic carbocycles. The topological polar surface area (TPSA) is 41.0 Å². The highest BCUT2D eigenvalue weighted by molar-refractivity contribution is 7.09. The van der Waals surface area contributed by atoms with Crippen LogP contribution in [0.3, 0.4) is 0 Å². The van der Waals surface area contributed by atoms with Crippen LogP contribution in [0.5, 0.6) is 0 Å². The molecule has 1 saturated carbocycles. The summed E-state index contributed by atoms with van der Waals surface area (Å²) in [6.45, 7) is 7.42. The third kappa shape index (κ3) is 3.26. The SMILES string of the molecule is CN(C)C1(CNc2nc(C(C)(C)C)ns2)CCCC1. The van der Waals surface area contributed by atoms with Crippen molar-refractivity contribution in [2.45, 2.75) is 57.4 Å². The molecular formula is C14H26N4S. The van der Waals surface area contributed by atoms with Crippen LogP contribution in [0.1, 0.15) is 52.3 Å². The summed E-state index contributed by atoms with van der Waals surface area (Å²) < 4.78 is 4.45. The molecule has 4 nitrogen and oxygen atoms in total. The first-order valence-corrected chi connectivity index (χ1v) is 7.86. The number of aromatic nitrogens is 2. The lowest BCUT2D eigenvalue weighted by Crippen LogP contribution is -2.47. The van der Waals surface area contributed by atoms with E-state index in [-0.39, 0.29) is 5.41 Å². The van der Waals surface area contributed by atoms with E-state index in [0.717, 1.165) is 17.5 Å². The van der Waals surface area contributed by atoms with Gasteiger partial charge in [-0.05, 0) is 26.9 Å². The molecule has 0 saturated heterocycles. The summed E-state index contributed by atoms with van der Waals surface area (Å²) >= 11 is 1.48. The summed E-state index contributed by atoms with van der Waals surface area (Å²) in [4.78, 5) is 6.98. The Morgan fingerprint density at radius 2 is 1.89 bits per heavy atom. The van der Waals surface area contributed by atoms with E-state index in [1.54, 1.807) is 0 Å². The van der Waals surface area contributed by atoms with Crippen molar-refractivity contribution in [1.29, 1.82) is 0 Å². The van der Waals surface area contributed by atoms with Crippen molar-refractivity contribution in [3.63, 3.8) is 0 Å². The summed E-state index contributed by atoms with van der Waals surface area (Å²) in [5, 5.41) is 4.46. The minimum absolute atomic E-state index is 0.0308. The summed E-state index contributed by atoms with van der Waals surface area (Å²) in [6.07, 6.45) is 5.22. The normalized spacial score (nSPS) is 19.1. The molecule has 1 aromatic rings. The Balaban J connectivity index is 2.00. The molecule has 19 heavy (non-hydrogen) atoms. The smallest absolute Gasteiger partial charge is 0.202 e. The Hall–Kier alpha value is -0.680. The van der Waals surface area contributed by atoms with Gasteiger partial charge in [-0.2, -0.15) is 4.37 Å². The van der Waals surface area contributed by atoms with E-state index >= 15 is 0 Å². The number of anilines is 1. The second-order valence-electron chi connectivity index (χ2n) is 6.85. The van der Waals surface area contributed by atoms with E-state index in [0.29, 0.717) is 5.54 Å². The molecule has 0 aliphatic heterocycles. The predicted octanol–water partition coefficient (Wildman–Crippen LogP) is 3.12. The monoisotopic (exact) mass is 282 g/mol. The molecule has 0 atom stereocenters. The fraction of sp³-hybridized carbons (Fsp3) is 0.857. The first-order chi connectivity index (χ1) is 8.83. The molecule has 1 aliphatic carbocycles. The fourth-order valence-corrected chi connectivity index (χ4v) is 3.41. The van der Waals surface area contributed by atoms with Crippen molar-refractivity contribution in [2.24, 2.45) is 0 Å². The molecule has 0 radical (unpaired) electrons. The van der Waals surface area contributed by atoms with Crippen LogP contribution in [0.4, 0.5) is 5.13 Å². The molecule has 1 fully saturated rings. The zero-order valence-electron chi connectivity index (χ0n) is 12.8. The Morgan fingerprint density at radius 1 is 1.26 bits per heavy atom. The van der Waals surface area contributed by atoms with Gasteiger partial charge in [0.25, 0.3) is 0 Å². The van der Waals surface area contributed by atoms with Gasteiger partial charge in [-0.1, -0.05) is 33.6 Å². The number of rotatable bonds is 4. The molecule has 1 aromatic heterocycles. The number of hydrogen-bond donors (Lipinski definition) is 1. The van der Waals surface area contributed by atoms with Crippen LogP contribution in [0.25, 0.3) is 0 Å². The minimum atomic E-state index is 0.0308. The van der Waals surface area contributed by atoms with Crippen molar-refractivity contribution >= 4 is 16.7 Å². The average molecular weight is 282 g/mol. The Kier molecular flexibility index (Phi) is 4.16. The number of nitrogens with one attached hydrogen (secondary N) is 1. The molecule has 108 valence electrons. The van der Waals surface area contributed by atoms with Gasteiger partial charge in [0.1, 0.15) is 5.82 Å². The van der Waals surface area contributed by atoms with Crippen molar-refractivity contribution in [1.82, 2.24) is 14.3 Å². The highest BCUT2D eigenvalue weighted by Gasteiger charge is 2.36. The van der Waals surface area contributed by atoms with Gasteiger partial charge in [-0.25, -0.2) is 4.98 Å². The summed E-state index contributed by atoms with van der Waals surface area (Å²) in [5.41, 5.74) is 0.330. The standard InChI is InChI=1S/C14H26N4S/c1-13(2,3)11-16-12(19-17-11)15-10-14(18(4)5)8-6-7-9-14/h6-10H2,1-5H3,(H,15,16,17). The summed E-state index contributed by atoms with van der Waals surface area (Å²) in [6, 6.07) is 0. The Labute approximate surface area is 120 Å². The predicted molar refractivity (Wildman–Crippen MR) is 82.0 cm³/mol. The van der Waals surface area contributed by atoms with Crippen LogP contribution in [0.15, 0.2) is 0 Å². The minimum Gasteiger partial charge on any atom is -0.358 e. The van der Waals surface area contributed by atoms with E-state index in [9.17, 15) is 0 Å². The van der Waals surface area contributed by atoms with Crippen LogP contribution < -0.4 is 5.32 Å². The van der Waals surface area contributed by atoms with Crippen LogP contribution in [0.2, 0.25) is 0 Å². The van der Waals surface area contributed by atoms with Crippen molar-refractivity contribution in [3.05, 3.63) is 5.82 Å². The molecule has 2 rings (SSSR count). The number of nitrogens with zero attached hydrogens (tertiary/aromatic N) is 3. The van der Waals surface area contributed by atoms with Gasteiger partial charge in [0, 0.05) is 29.0 Å². The highest BCUT2D eigenvalue weighted by Crippen LogP contribution is 2.34. The van der Waals surface area contributed by atoms with Crippen LogP contribution >= 0.6 is 11.5 Å². The van der Waals surface area contributed by atoms with E-state index in [2.05, 4.69) is 54.4 Å². The molecule has 0 bridgehead atoms. The molecule has 1 aliphatic rings. The first kappa shape index (κ1) is 14.7. The summed E-state index contributed by atoms with van der Waals surface area (Å²) in [7, 11) is 4.38. The molecule has 0 spiro atoms. The quantitative estimate of drug-likeness (QED) is 0.921.